The average molecular weight is 303 g/mol. The number of hydrogen-bond acceptors (Lipinski definition) is 3. The van der Waals surface area contributed by atoms with Gasteiger partial charge in [0.15, 0.2) is 0 Å². The van der Waals surface area contributed by atoms with E-state index in [0.29, 0.717) is 6.04 Å². The summed E-state index contributed by atoms with van der Waals surface area (Å²) < 4.78 is 1.23. The maximum atomic E-state index is 3.64. The van der Waals surface area contributed by atoms with Gasteiger partial charge in [-0.3, -0.25) is 0 Å². The lowest BCUT2D eigenvalue weighted by Gasteiger charge is -2.22. The van der Waals surface area contributed by atoms with Gasteiger partial charge >= 0.3 is 0 Å². The maximum absolute atomic E-state index is 3.64. The first kappa shape index (κ1) is 12.6. The number of thiophene rings is 1. The minimum absolute atomic E-state index is 0.448. The Bertz CT molecular complexity index is 340. The quantitative estimate of drug-likeness (QED) is 0.918. The van der Waals surface area contributed by atoms with E-state index in [1.165, 1.54) is 28.7 Å². The van der Waals surface area contributed by atoms with Crippen LogP contribution in [-0.2, 0) is 0 Å². The van der Waals surface area contributed by atoms with Gasteiger partial charge in [-0.15, -0.1) is 11.3 Å². The molecule has 1 N–H and O–H groups in total. The molecule has 2 nitrogen and oxygen atoms in total. The third-order valence-corrected chi connectivity index (χ3v) is 5.42. The summed E-state index contributed by atoms with van der Waals surface area (Å²) in [5.41, 5.74) is 0. The molecule has 0 saturated carbocycles. The lowest BCUT2D eigenvalue weighted by molar-refractivity contribution is 0.294. The van der Waals surface area contributed by atoms with E-state index in [4.69, 9.17) is 0 Å². The van der Waals surface area contributed by atoms with Gasteiger partial charge in [0, 0.05) is 28.0 Å². The number of likely N-dealkylation sites (N-methyl/N-ethyl adjacent to an activating group) is 1. The molecule has 0 aliphatic carbocycles. The van der Waals surface area contributed by atoms with Gasteiger partial charge in [0.1, 0.15) is 0 Å². The van der Waals surface area contributed by atoms with Crippen molar-refractivity contribution in [1.82, 2.24) is 10.2 Å². The average Bonchev–Trinajstić information content (AvgIpc) is 2.84. The zero-order valence-electron chi connectivity index (χ0n) is 9.87. The number of rotatable bonds is 4. The van der Waals surface area contributed by atoms with Crippen molar-refractivity contribution in [3.8, 4) is 0 Å². The molecule has 0 radical (unpaired) electrons. The van der Waals surface area contributed by atoms with Crippen LogP contribution in [0.3, 0.4) is 0 Å². The van der Waals surface area contributed by atoms with E-state index in [-0.39, 0.29) is 0 Å². The predicted octanol–water partition coefficient (Wildman–Crippen LogP) is 3.26. The van der Waals surface area contributed by atoms with E-state index in [1.54, 1.807) is 0 Å². The van der Waals surface area contributed by atoms with E-state index in [2.05, 4.69) is 51.6 Å². The molecule has 1 aliphatic heterocycles. The fourth-order valence-electron chi connectivity index (χ4n) is 2.26. The van der Waals surface area contributed by atoms with Crippen LogP contribution in [0, 0.1) is 0 Å². The van der Waals surface area contributed by atoms with Crippen molar-refractivity contribution < 1.29 is 0 Å². The molecule has 1 fully saturated rings. The zero-order valence-corrected chi connectivity index (χ0v) is 12.3. The number of hydrogen-bond donors (Lipinski definition) is 1. The van der Waals surface area contributed by atoms with Gasteiger partial charge < -0.3 is 10.2 Å². The molecule has 4 heteroatoms. The van der Waals surface area contributed by atoms with Crippen LogP contribution in [-0.4, -0.2) is 31.1 Å². The van der Waals surface area contributed by atoms with Crippen LogP contribution in [0.1, 0.15) is 30.7 Å². The van der Waals surface area contributed by atoms with Crippen molar-refractivity contribution in [3.63, 3.8) is 0 Å². The Morgan fingerprint density at radius 2 is 2.50 bits per heavy atom. The van der Waals surface area contributed by atoms with E-state index >= 15 is 0 Å². The highest BCUT2D eigenvalue weighted by atomic mass is 79.9. The van der Waals surface area contributed by atoms with Crippen molar-refractivity contribution in [2.75, 3.05) is 20.1 Å². The molecular formula is C12H19BrN2S. The van der Waals surface area contributed by atoms with Crippen LogP contribution in [0.4, 0.5) is 0 Å². The normalized spacial score (nSPS) is 23.8. The fraction of sp³-hybridized carbons (Fsp3) is 0.667. The highest BCUT2D eigenvalue weighted by molar-refractivity contribution is 9.10. The molecule has 2 rings (SSSR count). The van der Waals surface area contributed by atoms with E-state index in [1.807, 2.05) is 11.3 Å². The highest BCUT2D eigenvalue weighted by Crippen LogP contribution is 2.28. The van der Waals surface area contributed by atoms with Gasteiger partial charge in [0.25, 0.3) is 0 Å². The van der Waals surface area contributed by atoms with Crippen LogP contribution < -0.4 is 5.32 Å². The number of halogens is 1. The van der Waals surface area contributed by atoms with Gasteiger partial charge in [-0.1, -0.05) is 0 Å². The van der Waals surface area contributed by atoms with Gasteiger partial charge in [0.05, 0.1) is 0 Å². The minimum Gasteiger partial charge on any atom is -0.308 e. The minimum atomic E-state index is 0.448. The highest BCUT2D eigenvalue weighted by Gasteiger charge is 2.21. The largest absolute Gasteiger partial charge is 0.308 e. The lowest BCUT2D eigenvalue weighted by atomic mass is 10.2. The number of nitrogens with one attached hydrogen (secondary N) is 1. The first-order chi connectivity index (χ1) is 7.68. The molecule has 2 unspecified atom stereocenters. The molecule has 0 amide bonds. The SMILES string of the molecule is CC(NCC1CCCN1C)c1sccc1Br. The van der Waals surface area contributed by atoms with Crippen molar-refractivity contribution >= 4 is 27.3 Å². The van der Waals surface area contributed by atoms with Crippen LogP contribution in [0.15, 0.2) is 15.9 Å². The second kappa shape index (κ2) is 5.63. The Morgan fingerprint density at radius 1 is 1.69 bits per heavy atom. The van der Waals surface area contributed by atoms with E-state index in [0.717, 1.165) is 12.6 Å². The Hall–Kier alpha value is 0.100. The molecular weight excluding hydrogens is 284 g/mol. The molecule has 2 heterocycles. The summed E-state index contributed by atoms with van der Waals surface area (Å²) in [6.07, 6.45) is 2.68. The molecule has 0 aromatic carbocycles. The topological polar surface area (TPSA) is 15.3 Å². The van der Waals surface area contributed by atoms with Crippen molar-refractivity contribution in [2.45, 2.75) is 31.8 Å². The maximum Gasteiger partial charge on any atom is 0.0398 e. The van der Waals surface area contributed by atoms with Crippen LogP contribution in [0.5, 0.6) is 0 Å². The lowest BCUT2D eigenvalue weighted by Crippen LogP contribution is -2.36. The summed E-state index contributed by atoms with van der Waals surface area (Å²) in [7, 11) is 2.23. The smallest absolute Gasteiger partial charge is 0.0398 e. The Balaban J connectivity index is 1.84. The van der Waals surface area contributed by atoms with Crippen LogP contribution in [0.2, 0.25) is 0 Å². The van der Waals surface area contributed by atoms with Crippen molar-refractivity contribution in [3.05, 3.63) is 20.8 Å². The van der Waals surface area contributed by atoms with E-state index in [9.17, 15) is 0 Å². The summed E-state index contributed by atoms with van der Waals surface area (Å²) >= 11 is 5.41. The van der Waals surface area contributed by atoms with Crippen LogP contribution >= 0.6 is 27.3 Å². The summed E-state index contributed by atoms with van der Waals surface area (Å²) in [5, 5.41) is 5.78. The Labute approximate surface area is 110 Å². The van der Waals surface area contributed by atoms with Gasteiger partial charge in [-0.05, 0) is 60.7 Å². The second-order valence-corrected chi connectivity index (χ2v) is 6.34. The number of likely N-dealkylation sites (tertiary alicyclic amines) is 1. The predicted molar refractivity (Wildman–Crippen MR) is 74.1 cm³/mol. The Morgan fingerprint density at radius 3 is 3.06 bits per heavy atom. The third-order valence-electron chi connectivity index (χ3n) is 3.37. The first-order valence-corrected chi connectivity index (χ1v) is 7.52. The summed E-state index contributed by atoms with van der Waals surface area (Å²) in [6.45, 7) is 4.59. The Kier molecular flexibility index (Phi) is 4.41. The van der Waals surface area contributed by atoms with Gasteiger partial charge in [-0.25, -0.2) is 0 Å². The number of nitrogens with zero attached hydrogens (tertiary/aromatic N) is 1. The van der Waals surface area contributed by atoms with Crippen molar-refractivity contribution in [1.29, 1.82) is 0 Å². The molecule has 0 bridgehead atoms. The third kappa shape index (κ3) is 2.86. The molecule has 90 valence electrons. The van der Waals surface area contributed by atoms with Crippen molar-refractivity contribution in [2.24, 2.45) is 0 Å². The zero-order chi connectivity index (χ0) is 11.5. The first-order valence-electron chi connectivity index (χ1n) is 5.85. The van der Waals surface area contributed by atoms with Crippen LogP contribution in [0.25, 0.3) is 0 Å². The molecule has 16 heavy (non-hydrogen) atoms. The molecule has 2 atom stereocenters. The summed E-state index contributed by atoms with van der Waals surface area (Å²) in [4.78, 5) is 3.86. The van der Waals surface area contributed by atoms with Gasteiger partial charge in [0.2, 0.25) is 0 Å². The standard InChI is InChI=1S/C12H19BrN2S/c1-9(12-11(13)5-7-16-12)14-8-10-4-3-6-15(10)2/h5,7,9-10,14H,3-4,6,8H2,1-2H3. The second-order valence-electron chi connectivity index (χ2n) is 4.54. The molecule has 1 aromatic rings. The monoisotopic (exact) mass is 302 g/mol. The van der Waals surface area contributed by atoms with Gasteiger partial charge in [-0.2, -0.15) is 0 Å². The molecule has 0 spiro atoms. The summed E-state index contributed by atoms with van der Waals surface area (Å²) in [5.74, 6) is 0. The fourth-order valence-corrected chi connectivity index (χ4v) is 4.01. The molecule has 1 aliphatic rings. The molecule has 1 saturated heterocycles. The molecule has 1 aromatic heterocycles. The summed E-state index contributed by atoms with van der Waals surface area (Å²) in [6, 6.07) is 3.30. The van der Waals surface area contributed by atoms with E-state index < -0.39 is 0 Å².